The Hall–Kier alpha value is -3.12. The summed E-state index contributed by atoms with van der Waals surface area (Å²) in [6.07, 6.45) is 0. The van der Waals surface area contributed by atoms with Gasteiger partial charge in [-0.2, -0.15) is 0 Å². The average Bonchev–Trinajstić information content (AvgIpc) is 2.69. The van der Waals surface area contributed by atoms with Gasteiger partial charge in [-0.15, -0.1) is 0 Å². The zero-order chi connectivity index (χ0) is 19.4. The molecule has 0 heterocycles. The van der Waals surface area contributed by atoms with E-state index in [9.17, 15) is 0 Å². The van der Waals surface area contributed by atoms with Crippen molar-refractivity contribution in [1.29, 1.82) is 0 Å². The molecule has 5 rings (SSSR count). The fraction of sp³-hybridized carbons (Fsp3) is 0.143. The van der Waals surface area contributed by atoms with Gasteiger partial charge in [0.1, 0.15) is 0 Å². The van der Waals surface area contributed by atoms with Gasteiger partial charge >= 0.3 is 0 Å². The maximum Gasteiger partial charge on any atom is -0.00997 e. The van der Waals surface area contributed by atoms with Gasteiger partial charge in [0.05, 0.1) is 0 Å². The standard InChI is InChI=1S/C28H24/c1-17-9-10-23-11-18(2)13-28(27(23)12-17)25-14-19(3)24-15-21-7-5-6-8-22(21)16-26(24)20(25)4/h5-16H,1-4H3. The van der Waals surface area contributed by atoms with Crippen molar-refractivity contribution in [2.24, 2.45) is 0 Å². The molecule has 5 aromatic rings. The van der Waals surface area contributed by atoms with Crippen molar-refractivity contribution in [3.05, 3.63) is 95.1 Å². The first-order chi connectivity index (χ1) is 13.5. The maximum absolute atomic E-state index is 2.38. The molecule has 0 aliphatic rings. The molecule has 0 atom stereocenters. The van der Waals surface area contributed by atoms with E-state index in [4.69, 9.17) is 0 Å². The van der Waals surface area contributed by atoms with E-state index in [1.807, 2.05) is 0 Å². The topological polar surface area (TPSA) is 0 Å². The highest BCUT2D eigenvalue weighted by Gasteiger charge is 2.13. The van der Waals surface area contributed by atoms with Crippen molar-refractivity contribution in [3.8, 4) is 11.1 Å². The number of rotatable bonds is 1. The lowest BCUT2D eigenvalue weighted by Crippen LogP contribution is -1.92. The molecule has 0 unspecified atom stereocenters. The predicted molar refractivity (Wildman–Crippen MR) is 123 cm³/mol. The third kappa shape index (κ3) is 2.60. The summed E-state index contributed by atoms with van der Waals surface area (Å²) in [6, 6.07) is 27.1. The van der Waals surface area contributed by atoms with Gasteiger partial charge in [-0.1, -0.05) is 66.2 Å². The van der Waals surface area contributed by atoms with Crippen LogP contribution < -0.4 is 0 Å². The van der Waals surface area contributed by atoms with Crippen molar-refractivity contribution >= 4 is 32.3 Å². The molecule has 0 heteroatoms. The monoisotopic (exact) mass is 360 g/mol. The molecule has 0 fully saturated rings. The summed E-state index contributed by atoms with van der Waals surface area (Å²) in [6.45, 7) is 8.88. The molecule has 0 aliphatic heterocycles. The van der Waals surface area contributed by atoms with Gasteiger partial charge in [0.2, 0.25) is 0 Å². The lowest BCUT2D eigenvalue weighted by atomic mass is 9.87. The second kappa shape index (κ2) is 6.21. The Bertz CT molecular complexity index is 1390. The number of aryl methyl sites for hydroxylation is 4. The second-order valence-electron chi connectivity index (χ2n) is 8.15. The summed E-state index contributed by atoms with van der Waals surface area (Å²) in [5.74, 6) is 0. The summed E-state index contributed by atoms with van der Waals surface area (Å²) < 4.78 is 0. The molecule has 0 spiro atoms. The summed E-state index contributed by atoms with van der Waals surface area (Å²) in [5, 5.41) is 7.98. The molecule has 0 aliphatic carbocycles. The Kier molecular flexibility index (Phi) is 3.77. The third-order valence-corrected chi connectivity index (χ3v) is 6.02. The molecule has 0 saturated carbocycles. The van der Waals surface area contributed by atoms with Crippen LogP contribution in [0.3, 0.4) is 0 Å². The molecular weight excluding hydrogens is 336 g/mol. The maximum atomic E-state index is 2.38. The van der Waals surface area contributed by atoms with E-state index >= 15 is 0 Å². The molecule has 0 N–H and O–H groups in total. The zero-order valence-electron chi connectivity index (χ0n) is 16.9. The molecule has 5 aromatic carbocycles. The first-order valence-electron chi connectivity index (χ1n) is 9.95. The van der Waals surface area contributed by atoms with Crippen molar-refractivity contribution < 1.29 is 0 Å². The van der Waals surface area contributed by atoms with Crippen molar-refractivity contribution in [2.45, 2.75) is 27.7 Å². The number of benzene rings is 5. The Morgan fingerprint density at radius 2 is 1.18 bits per heavy atom. The third-order valence-electron chi connectivity index (χ3n) is 6.02. The van der Waals surface area contributed by atoms with E-state index in [0.29, 0.717) is 0 Å². The van der Waals surface area contributed by atoms with Crippen molar-refractivity contribution in [1.82, 2.24) is 0 Å². The zero-order valence-corrected chi connectivity index (χ0v) is 16.9. The second-order valence-corrected chi connectivity index (χ2v) is 8.15. The van der Waals surface area contributed by atoms with Gasteiger partial charge in [0.15, 0.2) is 0 Å². The Morgan fingerprint density at radius 3 is 1.93 bits per heavy atom. The number of hydrogen-bond donors (Lipinski definition) is 0. The molecule has 28 heavy (non-hydrogen) atoms. The highest BCUT2D eigenvalue weighted by molar-refractivity contribution is 6.06. The quantitative estimate of drug-likeness (QED) is 0.265. The molecule has 0 nitrogen and oxygen atoms in total. The van der Waals surface area contributed by atoms with Gasteiger partial charge in [-0.3, -0.25) is 0 Å². The summed E-state index contributed by atoms with van der Waals surface area (Å²) in [7, 11) is 0. The van der Waals surface area contributed by atoms with Crippen molar-refractivity contribution in [2.75, 3.05) is 0 Å². The highest BCUT2D eigenvalue weighted by Crippen LogP contribution is 2.38. The minimum absolute atomic E-state index is 1.30. The van der Waals surface area contributed by atoms with E-state index in [-0.39, 0.29) is 0 Å². The Balaban J connectivity index is 1.90. The molecule has 0 radical (unpaired) electrons. The minimum atomic E-state index is 1.30. The van der Waals surface area contributed by atoms with E-state index in [0.717, 1.165) is 0 Å². The van der Waals surface area contributed by atoms with Crippen LogP contribution in [0.25, 0.3) is 43.4 Å². The van der Waals surface area contributed by atoms with E-state index in [1.54, 1.807) is 0 Å². The summed E-state index contributed by atoms with van der Waals surface area (Å²) in [4.78, 5) is 0. The van der Waals surface area contributed by atoms with Crippen LogP contribution in [0.15, 0.2) is 72.8 Å². The van der Waals surface area contributed by atoms with Crippen LogP contribution in [0.1, 0.15) is 22.3 Å². The van der Waals surface area contributed by atoms with Gasteiger partial charge in [-0.25, -0.2) is 0 Å². The predicted octanol–water partition coefficient (Wildman–Crippen LogP) is 8.05. The van der Waals surface area contributed by atoms with Crippen LogP contribution in [-0.2, 0) is 0 Å². The van der Waals surface area contributed by atoms with Crippen LogP contribution in [0, 0.1) is 27.7 Å². The Morgan fingerprint density at radius 1 is 0.464 bits per heavy atom. The largest absolute Gasteiger partial charge is 0.0616 e. The van der Waals surface area contributed by atoms with Crippen LogP contribution in [0.2, 0.25) is 0 Å². The van der Waals surface area contributed by atoms with E-state index < -0.39 is 0 Å². The van der Waals surface area contributed by atoms with Crippen LogP contribution in [0.5, 0.6) is 0 Å². The number of fused-ring (bicyclic) bond motifs is 3. The average molecular weight is 361 g/mol. The SMILES string of the molecule is Cc1cc(-c2cc(C)c3cc4ccccc4cc3c2C)c2cc(C)ccc2c1. The molecular formula is C28H24. The van der Waals surface area contributed by atoms with Crippen LogP contribution >= 0.6 is 0 Å². The van der Waals surface area contributed by atoms with Gasteiger partial charge in [0.25, 0.3) is 0 Å². The first-order valence-corrected chi connectivity index (χ1v) is 9.95. The van der Waals surface area contributed by atoms with Gasteiger partial charge < -0.3 is 0 Å². The summed E-state index contributed by atoms with van der Waals surface area (Å²) >= 11 is 0. The van der Waals surface area contributed by atoms with E-state index in [1.165, 1.54) is 65.7 Å². The summed E-state index contributed by atoms with van der Waals surface area (Å²) in [5.41, 5.74) is 8.00. The van der Waals surface area contributed by atoms with Crippen LogP contribution in [0.4, 0.5) is 0 Å². The smallest absolute Gasteiger partial charge is 0.00997 e. The first kappa shape index (κ1) is 17.0. The highest BCUT2D eigenvalue weighted by atomic mass is 14.2. The molecule has 0 saturated heterocycles. The lowest BCUT2D eigenvalue weighted by molar-refractivity contribution is 1.43. The fourth-order valence-electron chi connectivity index (χ4n) is 4.55. The fourth-order valence-corrected chi connectivity index (χ4v) is 4.55. The molecule has 0 aromatic heterocycles. The molecule has 0 amide bonds. The van der Waals surface area contributed by atoms with Gasteiger partial charge in [0, 0.05) is 0 Å². The van der Waals surface area contributed by atoms with E-state index in [2.05, 4.69) is 100 Å². The van der Waals surface area contributed by atoms with Crippen molar-refractivity contribution in [3.63, 3.8) is 0 Å². The Labute approximate surface area is 166 Å². The normalized spacial score (nSPS) is 11.6. The molecule has 0 bridgehead atoms. The molecule has 136 valence electrons. The lowest BCUT2D eigenvalue weighted by Gasteiger charge is -2.16. The minimum Gasteiger partial charge on any atom is -0.0616 e. The number of hydrogen-bond acceptors (Lipinski definition) is 0. The van der Waals surface area contributed by atoms with Gasteiger partial charge in [-0.05, 0) is 100.0 Å². The van der Waals surface area contributed by atoms with Crippen LogP contribution in [-0.4, -0.2) is 0 Å².